The zero-order valence-electron chi connectivity index (χ0n) is 11.2. The van der Waals surface area contributed by atoms with Crippen molar-refractivity contribution in [2.45, 2.75) is 26.4 Å². The molecule has 0 radical (unpaired) electrons. The van der Waals surface area contributed by atoms with Crippen molar-refractivity contribution in [2.75, 3.05) is 6.54 Å². The van der Waals surface area contributed by atoms with E-state index in [4.69, 9.17) is 10.3 Å². The fourth-order valence-electron chi connectivity index (χ4n) is 1.64. The van der Waals surface area contributed by atoms with Crippen LogP contribution in [0, 0.1) is 0 Å². The molecule has 0 spiro atoms. The van der Waals surface area contributed by atoms with E-state index in [2.05, 4.69) is 26.1 Å². The van der Waals surface area contributed by atoms with Crippen molar-refractivity contribution < 1.29 is 9.32 Å². The molecule has 2 rings (SSSR count). The van der Waals surface area contributed by atoms with Crippen LogP contribution in [0.1, 0.15) is 19.7 Å². The standard InChI is InChI=1S/C12H15BrN4O2S/c1-7(2)17(4-10(14)18)5-11-15-12(16-19-11)9-3-8(13)6-20-9/h3,6-7H,4-5H2,1-2H3,(H2,14,18). The van der Waals surface area contributed by atoms with E-state index in [1.165, 1.54) is 11.3 Å². The molecule has 0 unspecified atom stereocenters. The van der Waals surface area contributed by atoms with Crippen LogP contribution in [0.5, 0.6) is 0 Å². The number of carbonyl (C=O) groups excluding carboxylic acids is 1. The average Bonchev–Trinajstić information content (AvgIpc) is 2.96. The Labute approximate surface area is 129 Å². The van der Waals surface area contributed by atoms with Crippen LogP contribution in [0.2, 0.25) is 0 Å². The van der Waals surface area contributed by atoms with Gasteiger partial charge in [-0.1, -0.05) is 5.16 Å². The van der Waals surface area contributed by atoms with E-state index in [1.54, 1.807) is 0 Å². The number of primary amides is 1. The van der Waals surface area contributed by atoms with Gasteiger partial charge in [-0.05, 0) is 35.8 Å². The second kappa shape index (κ2) is 6.47. The van der Waals surface area contributed by atoms with Gasteiger partial charge in [0.25, 0.3) is 0 Å². The van der Waals surface area contributed by atoms with Crippen molar-refractivity contribution >= 4 is 33.2 Å². The summed E-state index contributed by atoms with van der Waals surface area (Å²) in [6, 6.07) is 2.09. The Kier molecular flexibility index (Phi) is 4.90. The van der Waals surface area contributed by atoms with E-state index >= 15 is 0 Å². The molecule has 0 saturated heterocycles. The molecule has 0 atom stereocenters. The molecule has 0 aliphatic carbocycles. The van der Waals surface area contributed by atoms with Gasteiger partial charge >= 0.3 is 0 Å². The smallest absolute Gasteiger partial charge is 0.241 e. The summed E-state index contributed by atoms with van der Waals surface area (Å²) in [7, 11) is 0. The lowest BCUT2D eigenvalue weighted by Crippen LogP contribution is -2.38. The number of rotatable bonds is 6. The van der Waals surface area contributed by atoms with Gasteiger partial charge in [0.2, 0.25) is 17.6 Å². The number of hydrogen-bond acceptors (Lipinski definition) is 6. The average molecular weight is 359 g/mol. The van der Waals surface area contributed by atoms with Crippen molar-refractivity contribution in [3.63, 3.8) is 0 Å². The molecule has 2 heterocycles. The lowest BCUT2D eigenvalue weighted by Gasteiger charge is -2.22. The molecule has 0 aliphatic rings. The van der Waals surface area contributed by atoms with E-state index in [-0.39, 0.29) is 18.5 Å². The molecule has 20 heavy (non-hydrogen) atoms. The maximum absolute atomic E-state index is 11.0. The molecule has 0 aromatic carbocycles. The van der Waals surface area contributed by atoms with Crippen LogP contribution in [0.4, 0.5) is 0 Å². The first-order chi connectivity index (χ1) is 9.45. The highest BCUT2D eigenvalue weighted by atomic mass is 79.9. The molecule has 0 saturated carbocycles. The maximum atomic E-state index is 11.0. The SMILES string of the molecule is CC(C)N(CC(N)=O)Cc1nc(-c2cc(Br)cs2)no1. The third kappa shape index (κ3) is 3.87. The van der Waals surface area contributed by atoms with Crippen molar-refractivity contribution in [3.05, 3.63) is 21.8 Å². The topological polar surface area (TPSA) is 85.2 Å². The third-order valence-corrected chi connectivity index (χ3v) is 4.37. The molecule has 6 nitrogen and oxygen atoms in total. The molecule has 1 amide bonds. The predicted octanol–water partition coefficient (Wildman–Crippen LogP) is 2.26. The van der Waals surface area contributed by atoms with Crippen molar-refractivity contribution in [2.24, 2.45) is 5.73 Å². The van der Waals surface area contributed by atoms with Gasteiger partial charge in [-0.15, -0.1) is 11.3 Å². The number of nitrogens with zero attached hydrogens (tertiary/aromatic N) is 3. The molecule has 0 aliphatic heterocycles. The molecule has 108 valence electrons. The minimum absolute atomic E-state index is 0.161. The summed E-state index contributed by atoms with van der Waals surface area (Å²) in [4.78, 5) is 18.2. The number of carbonyl (C=O) groups is 1. The number of nitrogens with two attached hydrogens (primary N) is 1. The van der Waals surface area contributed by atoms with Crippen LogP contribution in [0.3, 0.4) is 0 Å². The van der Waals surface area contributed by atoms with Gasteiger partial charge in [0, 0.05) is 15.9 Å². The lowest BCUT2D eigenvalue weighted by molar-refractivity contribution is -0.119. The van der Waals surface area contributed by atoms with Gasteiger partial charge in [0.1, 0.15) is 0 Å². The van der Waals surface area contributed by atoms with Crippen molar-refractivity contribution in [3.8, 4) is 10.7 Å². The minimum Gasteiger partial charge on any atom is -0.369 e. The summed E-state index contributed by atoms with van der Waals surface area (Å²) in [5.41, 5.74) is 5.23. The number of halogens is 1. The number of aromatic nitrogens is 2. The highest BCUT2D eigenvalue weighted by molar-refractivity contribution is 9.10. The fraction of sp³-hybridized carbons (Fsp3) is 0.417. The van der Waals surface area contributed by atoms with Crippen LogP contribution < -0.4 is 5.73 Å². The Balaban J connectivity index is 2.10. The Morgan fingerprint density at radius 3 is 2.90 bits per heavy atom. The highest BCUT2D eigenvalue weighted by Crippen LogP contribution is 2.27. The number of hydrogen-bond donors (Lipinski definition) is 1. The van der Waals surface area contributed by atoms with E-state index in [9.17, 15) is 4.79 Å². The summed E-state index contributed by atoms with van der Waals surface area (Å²) < 4.78 is 6.21. The molecule has 0 bridgehead atoms. The van der Waals surface area contributed by atoms with E-state index < -0.39 is 0 Å². The first kappa shape index (κ1) is 15.1. The van der Waals surface area contributed by atoms with Gasteiger partial charge in [-0.25, -0.2) is 0 Å². The number of amides is 1. The van der Waals surface area contributed by atoms with Crippen molar-refractivity contribution in [1.82, 2.24) is 15.0 Å². The molecule has 8 heteroatoms. The van der Waals surface area contributed by atoms with E-state index in [0.717, 1.165) is 9.35 Å². The summed E-state index contributed by atoms with van der Waals surface area (Å²) >= 11 is 4.92. The zero-order valence-corrected chi connectivity index (χ0v) is 13.6. The van der Waals surface area contributed by atoms with Gasteiger partial charge in [-0.3, -0.25) is 9.69 Å². The lowest BCUT2D eigenvalue weighted by atomic mass is 10.3. The second-order valence-corrected chi connectivity index (χ2v) is 6.43. The first-order valence-corrected chi connectivity index (χ1v) is 7.72. The summed E-state index contributed by atoms with van der Waals surface area (Å²) in [6.45, 7) is 4.54. The van der Waals surface area contributed by atoms with E-state index in [0.29, 0.717) is 18.3 Å². The Morgan fingerprint density at radius 2 is 2.35 bits per heavy atom. The quantitative estimate of drug-likeness (QED) is 0.855. The molecule has 2 aromatic heterocycles. The van der Waals surface area contributed by atoms with E-state index in [1.807, 2.05) is 30.2 Å². The monoisotopic (exact) mass is 358 g/mol. The molecular weight excluding hydrogens is 344 g/mol. The zero-order chi connectivity index (χ0) is 14.7. The summed E-state index contributed by atoms with van der Waals surface area (Å²) in [5.74, 6) is 0.651. The van der Waals surface area contributed by atoms with Gasteiger partial charge < -0.3 is 10.3 Å². The van der Waals surface area contributed by atoms with Crippen LogP contribution in [0.15, 0.2) is 20.4 Å². The first-order valence-electron chi connectivity index (χ1n) is 6.05. The third-order valence-electron chi connectivity index (χ3n) is 2.68. The fourth-order valence-corrected chi connectivity index (χ4v) is 3.00. The molecule has 2 aromatic rings. The molecule has 0 fully saturated rings. The van der Waals surface area contributed by atoms with Crippen molar-refractivity contribution in [1.29, 1.82) is 0 Å². The van der Waals surface area contributed by atoms with Gasteiger partial charge in [0.05, 0.1) is 18.0 Å². The van der Waals surface area contributed by atoms with Crippen LogP contribution in [0.25, 0.3) is 10.7 Å². The Morgan fingerprint density at radius 1 is 1.60 bits per heavy atom. The highest BCUT2D eigenvalue weighted by Gasteiger charge is 2.17. The maximum Gasteiger partial charge on any atom is 0.241 e. The molecular formula is C12H15BrN4O2S. The van der Waals surface area contributed by atoms with Crippen LogP contribution >= 0.6 is 27.3 Å². The summed E-state index contributed by atoms with van der Waals surface area (Å²) in [5, 5.41) is 5.91. The van der Waals surface area contributed by atoms with Crippen LogP contribution in [-0.4, -0.2) is 33.5 Å². The Bertz CT molecular complexity index is 596. The second-order valence-electron chi connectivity index (χ2n) is 4.61. The predicted molar refractivity (Wildman–Crippen MR) is 80.1 cm³/mol. The van der Waals surface area contributed by atoms with Crippen LogP contribution in [-0.2, 0) is 11.3 Å². The molecule has 2 N–H and O–H groups in total. The van der Waals surface area contributed by atoms with Gasteiger partial charge in [0.15, 0.2) is 0 Å². The normalized spacial score (nSPS) is 11.4. The largest absolute Gasteiger partial charge is 0.369 e. The summed E-state index contributed by atoms with van der Waals surface area (Å²) in [6.07, 6.45) is 0. The minimum atomic E-state index is -0.374. The Hall–Kier alpha value is -1.25. The van der Waals surface area contributed by atoms with Gasteiger partial charge in [-0.2, -0.15) is 4.98 Å². The number of thiophene rings is 1.